The standard InChI is InChI=1S/C48H29N/c1-2-11-30(12-3-1)33-25-34(31-21-23-40-38-15-5-4-13-36(38)37-14-6-7-16-39(37)45(40)28-31)27-35(26-33)32-22-24-42-44-19-10-18-43-41-17-8-9-20-46(41)49(48(43)44)47(42)29-32/h1-29H. The van der Waals surface area contributed by atoms with Gasteiger partial charge in [-0.25, -0.2) is 0 Å². The Bertz CT molecular complexity index is 3060. The Kier molecular flexibility index (Phi) is 5.45. The molecule has 0 aliphatic carbocycles. The summed E-state index contributed by atoms with van der Waals surface area (Å²) in [4.78, 5) is 0. The van der Waals surface area contributed by atoms with Crippen molar-refractivity contribution in [1.29, 1.82) is 0 Å². The smallest absolute Gasteiger partial charge is 0.0620 e. The Hall–Kier alpha value is -6.44. The zero-order valence-corrected chi connectivity index (χ0v) is 26.7. The third-order valence-corrected chi connectivity index (χ3v) is 10.7. The highest BCUT2D eigenvalue weighted by atomic mass is 14.9. The van der Waals surface area contributed by atoms with Crippen LogP contribution in [0.5, 0.6) is 0 Å². The molecule has 11 aromatic rings. The van der Waals surface area contributed by atoms with Crippen LogP contribution >= 0.6 is 0 Å². The van der Waals surface area contributed by atoms with Gasteiger partial charge in [-0.1, -0.05) is 140 Å². The largest absolute Gasteiger partial charge is 0.308 e. The van der Waals surface area contributed by atoms with Gasteiger partial charge in [-0.2, -0.15) is 0 Å². The van der Waals surface area contributed by atoms with Crippen molar-refractivity contribution in [3.8, 4) is 33.4 Å². The summed E-state index contributed by atoms with van der Waals surface area (Å²) >= 11 is 0. The number of para-hydroxylation sites is 2. The molecule has 1 heteroatoms. The van der Waals surface area contributed by atoms with Crippen molar-refractivity contribution in [2.24, 2.45) is 0 Å². The van der Waals surface area contributed by atoms with Crippen molar-refractivity contribution < 1.29 is 0 Å². The van der Waals surface area contributed by atoms with E-state index in [1.165, 1.54) is 104 Å². The fourth-order valence-corrected chi connectivity index (χ4v) is 8.46. The van der Waals surface area contributed by atoms with Crippen molar-refractivity contribution in [1.82, 2.24) is 4.40 Å². The molecule has 0 aliphatic rings. The molecule has 2 aromatic heterocycles. The van der Waals surface area contributed by atoms with E-state index in [2.05, 4.69) is 180 Å². The van der Waals surface area contributed by atoms with E-state index in [1.54, 1.807) is 0 Å². The molecule has 0 fully saturated rings. The fourth-order valence-electron chi connectivity index (χ4n) is 8.46. The predicted octanol–water partition coefficient (Wildman–Crippen LogP) is 13.3. The average Bonchev–Trinajstić information content (AvgIpc) is 3.70. The molecule has 0 unspecified atom stereocenters. The summed E-state index contributed by atoms with van der Waals surface area (Å²) in [5.41, 5.74) is 11.1. The van der Waals surface area contributed by atoms with Gasteiger partial charge in [-0.15, -0.1) is 0 Å². The lowest BCUT2D eigenvalue weighted by Crippen LogP contribution is -1.88. The Balaban J connectivity index is 1.17. The molecule has 0 spiro atoms. The third kappa shape index (κ3) is 3.82. The van der Waals surface area contributed by atoms with Gasteiger partial charge >= 0.3 is 0 Å². The van der Waals surface area contributed by atoms with Crippen LogP contribution in [0.4, 0.5) is 0 Å². The SMILES string of the molecule is c1ccc(-c2cc(-c3ccc4c5ccccc5c5ccccc5c4c3)cc(-c3ccc4c5cccc6c7ccccc7n(c4c3)c65)c2)cc1. The molecule has 49 heavy (non-hydrogen) atoms. The molecule has 0 amide bonds. The van der Waals surface area contributed by atoms with Gasteiger partial charge in [-0.3, -0.25) is 0 Å². The molecule has 0 N–H and O–H groups in total. The number of fused-ring (bicyclic) bond motifs is 12. The van der Waals surface area contributed by atoms with E-state index in [0.717, 1.165) is 0 Å². The Morgan fingerprint density at radius 2 is 0.673 bits per heavy atom. The Morgan fingerprint density at radius 1 is 0.224 bits per heavy atom. The number of aromatic nitrogens is 1. The zero-order valence-electron chi connectivity index (χ0n) is 26.7. The van der Waals surface area contributed by atoms with Crippen LogP contribution < -0.4 is 0 Å². The highest BCUT2D eigenvalue weighted by Crippen LogP contribution is 2.42. The molecule has 9 aromatic carbocycles. The summed E-state index contributed by atoms with van der Waals surface area (Å²) < 4.78 is 2.47. The minimum Gasteiger partial charge on any atom is -0.308 e. The maximum atomic E-state index is 2.47. The van der Waals surface area contributed by atoms with Gasteiger partial charge in [0, 0.05) is 21.5 Å². The van der Waals surface area contributed by atoms with E-state index < -0.39 is 0 Å². The van der Waals surface area contributed by atoms with Crippen molar-refractivity contribution >= 4 is 70.4 Å². The van der Waals surface area contributed by atoms with E-state index in [4.69, 9.17) is 0 Å². The minimum atomic E-state index is 1.21. The van der Waals surface area contributed by atoms with Crippen molar-refractivity contribution in [2.75, 3.05) is 0 Å². The van der Waals surface area contributed by atoms with E-state index >= 15 is 0 Å². The molecule has 11 rings (SSSR count). The maximum absolute atomic E-state index is 2.47. The molecule has 0 saturated carbocycles. The second-order valence-electron chi connectivity index (χ2n) is 13.3. The van der Waals surface area contributed by atoms with E-state index in [-0.39, 0.29) is 0 Å². The van der Waals surface area contributed by atoms with E-state index in [1.807, 2.05) is 0 Å². The van der Waals surface area contributed by atoms with E-state index in [9.17, 15) is 0 Å². The lowest BCUT2D eigenvalue weighted by Gasteiger charge is -2.14. The first-order valence-electron chi connectivity index (χ1n) is 17.0. The van der Waals surface area contributed by atoms with Crippen LogP contribution in [0.25, 0.3) is 104 Å². The van der Waals surface area contributed by atoms with Crippen LogP contribution in [0.1, 0.15) is 0 Å². The molecule has 0 aliphatic heterocycles. The highest BCUT2D eigenvalue weighted by Gasteiger charge is 2.18. The van der Waals surface area contributed by atoms with Crippen molar-refractivity contribution in [2.45, 2.75) is 0 Å². The molecule has 0 bridgehead atoms. The summed E-state index contributed by atoms with van der Waals surface area (Å²) in [6.45, 7) is 0. The molecule has 0 radical (unpaired) electrons. The van der Waals surface area contributed by atoms with Gasteiger partial charge in [0.2, 0.25) is 0 Å². The van der Waals surface area contributed by atoms with Gasteiger partial charge in [0.15, 0.2) is 0 Å². The number of benzene rings is 9. The number of hydrogen-bond donors (Lipinski definition) is 0. The number of hydrogen-bond acceptors (Lipinski definition) is 0. The van der Waals surface area contributed by atoms with Gasteiger partial charge < -0.3 is 4.40 Å². The fraction of sp³-hybridized carbons (Fsp3) is 0. The summed E-state index contributed by atoms with van der Waals surface area (Å²) in [5.74, 6) is 0. The van der Waals surface area contributed by atoms with Crippen molar-refractivity contribution in [3.63, 3.8) is 0 Å². The number of nitrogens with zero attached hydrogens (tertiary/aromatic N) is 1. The van der Waals surface area contributed by atoms with Gasteiger partial charge in [0.25, 0.3) is 0 Å². The first kappa shape index (κ1) is 26.6. The van der Waals surface area contributed by atoms with Crippen LogP contribution in [0, 0.1) is 0 Å². The van der Waals surface area contributed by atoms with Crippen LogP contribution in [0.2, 0.25) is 0 Å². The minimum absolute atomic E-state index is 1.21. The van der Waals surface area contributed by atoms with Crippen molar-refractivity contribution in [3.05, 3.63) is 176 Å². The second kappa shape index (κ2) is 10.0. The Labute approximate surface area is 283 Å². The average molecular weight is 620 g/mol. The monoisotopic (exact) mass is 619 g/mol. The highest BCUT2D eigenvalue weighted by molar-refractivity contribution is 6.26. The summed E-state index contributed by atoms with van der Waals surface area (Å²) in [6.07, 6.45) is 0. The first-order valence-corrected chi connectivity index (χ1v) is 17.0. The van der Waals surface area contributed by atoms with Gasteiger partial charge in [-0.05, 0) is 102 Å². The van der Waals surface area contributed by atoms with E-state index in [0.29, 0.717) is 0 Å². The molecule has 0 atom stereocenters. The molecule has 226 valence electrons. The molecule has 2 heterocycles. The lowest BCUT2D eigenvalue weighted by molar-refractivity contribution is 1.37. The number of rotatable bonds is 3. The predicted molar refractivity (Wildman–Crippen MR) is 210 cm³/mol. The Morgan fingerprint density at radius 3 is 1.33 bits per heavy atom. The van der Waals surface area contributed by atoms with Crippen LogP contribution in [-0.2, 0) is 0 Å². The molecule has 0 saturated heterocycles. The van der Waals surface area contributed by atoms with Crippen LogP contribution in [0.15, 0.2) is 176 Å². The van der Waals surface area contributed by atoms with Crippen LogP contribution in [-0.4, -0.2) is 4.40 Å². The van der Waals surface area contributed by atoms with Crippen LogP contribution in [0.3, 0.4) is 0 Å². The van der Waals surface area contributed by atoms with Gasteiger partial charge in [0.1, 0.15) is 0 Å². The summed E-state index contributed by atoms with van der Waals surface area (Å²) in [5, 5.41) is 13.0. The quantitative estimate of drug-likeness (QED) is 0.173. The molecule has 1 nitrogen and oxygen atoms in total. The first-order chi connectivity index (χ1) is 24.3. The second-order valence-corrected chi connectivity index (χ2v) is 13.3. The topological polar surface area (TPSA) is 4.41 Å². The maximum Gasteiger partial charge on any atom is 0.0620 e. The normalized spacial score (nSPS) is 12.1. The lowest BCUT2D eigenvalue weighted by atomic mass is 9.90. The summed E-state index contributed by atoms with van der Waals surface area (Å²) in [6, 6.07) is 65.1. The van der Waals surface area contributed by atoms with Gasteiger partial charge in [0.05, 0.1) is 16.6 Å². The summed E-state index contributed by atoms with van der Waals surface area (Å²) in [7, 11) is 0. The zero-order chi connectivity index (χ0) is 32.1. The molecular weight excluding hydrogens is 591 g/mol. The molecular formula is C48H29N. The third-order valence-electron chi connectivity index (χ3n) is 10.7.